The lowest BCUT2D eigenvalue weighted by molar-refractivity contribution is -0.137. The van der Waals surface area contributed by atoms with E-state index in [1.807, 2.05) is 6.07 Å². The molecule has 0 amide bonds. The van der Waals surface area contributed by atoms with Crippen molar-refractivity contribution in [1.29, 1.82) is 5.26 Å². The Labute approximate surface area is 162 Å². The van der Waals surface area contributed by atoms with Crippen LogP contribution in [0.25, 0.3) is 21.9 Å². The number of fused-ring (bicyclic) bond motifs is 3. The summed E-state index contributed by atoms with van der Waals surface area (Å²) < 4.78 is 49.8. The summed E-state index contributed by atoms with van der Waals surface area (Å²) in [5.74, 6) is -0.423. The topological polar surface area (TPSA) is 79.6 Å². The first-order valence-electron chi connectivity index (χ1n) is 8.47. The maximum Gasteiger partial charge on any atom is 0.416 e. The van der Waals surface area contributed by atoms with Crippen molar-refractivity contribution < 1.29 is 32.5 Å². The highest BCUT2D eigenvalue weighted by Crippen LogP contribution is 2.46. The molecule has 0 saturated carbocycles. The molecule has 8 heteroatoms. The van der Waals surface area contributed by atoms with Crippen LogP contribution in [0.4, 0.5) is 13.2 Å². The zero-order chi connectivity index (χ0) is 20.8. The number of carboxylic acid groups (broad SMARTS) is 1. The number of hydrogen-bond donors (Lipinski definition) is 1. The summed E-state index contributed by atoms with van der Waals surface area (Å²) in [4.78, 5) is 11.8. The highest BCUT2D eigenvalue weighted by Gasteiger charge is 2.31. The standard InChI is InChI=1S/C21H12F3NO4/c22-21(23,24)13-4-1-11(2-5-13)17-14(7-8-25)15(20(26)27)9-12-3-6-16-19(18(12)17)29-10-28-16/h1-6,9H,7,10H2,(H,26,27). The number of nitrogens with zero attached hydrogens (tertiary/aromatic N) is 1. The summed E-state index contributed by atoms with van der Waals surface area (Å²) in [7, 11) is 0. The zero-order valence-corrected chi connectivity index (χ0v) is 14.7. The molecule has 0 saturated heterocycles. The quantitative estimate of drug-likeness (QED) is 0.669. The van der Waals surface area contributed by atoms with Crippen LogP contribution in [0.3, 0.4) is 0 Å². The average Bonchev–Trinajstić information content (AvgIpc) is 3.16. The number of halogens is 3. The van der Waals surface area contributed by atoms with E-state index in [-0.39, 0.29) is 24.3 Å². The van der Waals surface area contributed by atoms with Crippen LogP contribution in [0.15, 0.2) is 42.5 Å². The van der Waals surface area contributed by atoms with Gasteiger partial charge in [-0.2, -0.15) is 18.4 Å². The second kappa shape index (κ2) is 6.71. The molecule has 146 valence electrons. The number of carbonyl (C=O) groups is 1. The Morgan fingerprint density at radius 2 is 1.86 bits per heavy atom. The van der Waals surface area contributed by atoms with Crippen LogP contribution >= 0.6 is 0 Å². The van der Waals surface area contributed by atoms with Gasteiger partial charge in [-0.3, -0.25) is 0 Å². The van der Waals surface area contributed by atoms with Crippen LogP contribution in [-0.4, -0.2) is 17.9 Å². The minimum absolute atomic E-state index is 0.0326. The van der Waals surface area contributed by atoms with Gasteiger partial charge in [0, 0.05) is 5.39 Å². The monoisotopic (exact) mass is 399 g/mol. The Balaban J connectivity index is 2.09. The molecule has 1 aliphatic heterocycles. The molecular formula is C21H12F3NO4. The SMILES string of the molecule is N#CCc1c(C(=O)O)cc2ccc3c(c2c1-c1ccc(C(F)(F)F)cc1)OCO3. The molecule has 0 radical (unpaired) electrons. The molecule has 1 aliphatic rings. The molecule has 4 rings (SSSR count). The molecule has 0 atom stereocenters. The van der Waals surface area contributed by atoms with Crippen LogP contribution in [0.1, 0.15) is 21.5 Å². The third-order valence-corrected chi connectivity index (χ3v) is 4.74. The second-order valence-electron chi connectivity index (χ2n) is 6.39. The first kappa shape index (κ1) is 18.6. The van der Waals surface area contributed by atoms with Gasteiger partial charge in [-0.25, -0.2) is 4.79 Å². The van der Waals surface area contributed by atoms with E-state index in [1.54, 1.807) is 12.1 Å². The summed E-state index contributed by atoms with van der Waals surface area (Å²) in [6, 6.07) is 11.0. The number of alkyl halides is 3. The van der Waals surface area contributed by atoms with Crippen LogP contribution in [0.2, 0.25) is 0 Å². The van der Waals surface area contributed by atoms with Gasteiger partial charge in [-0.1, -0.05) is 18.2 Å². The van der Waals surface area contributed by atoms with Gasteiger partial charge in [0.2, 0.25) is 6.79 Å². The van der Waals surface area contributed by atoms with Gasteiger partial charge in [-0.15, -0.1) is 0 Å². The van der Waals surface area contributed by atoms with Gasteiger partial charge < -0.3 is 14.6 Å². The van der Waals surface area contributed by atoms with Crippen LogP contribution in [0.5, 0.6) is 11.5 Å². The molecule has 0 aromatic heterocycles. The number of rotatable bonds is 3. The number of aromatic carboxylic acids is 1. The predicted octanol–water partition coefficient (Wildman–Crippen LogP) is 5.02. The molecule has 1 N–H and O–H groups in total. The maximum atomic E-state index is 13.0. The molecule has 0 spiro atoms. The molecule has 0 bridgehead atoms. The average molecular weight is 399 g/mol. The Hall–Kier alpha value is -3.73. The minimum Gasteiger partial charge on any atom is -0.478 e. The number of hydrogen-bond acceptors (Lipinski definition) is 4. The van der Waals surface area contributed by atoms with E-state index < -0.39 is 17.7 Å². The molecule has 5 nitrogen and oxygen atoms in total. The zero-order valence-electron chi connectivity index (χ0n) is 14.7. The number of carboxylic acids is 1. The van der Waals surface area contributed by atoms with E-state index in [4.69, 9.17) is 9.47 Å². The van der Waals surface area contributed by atoms with Gasteiger partial charge in [0.15, 0.2) is 11.5 Å². The van der Waals surface area contributed by atoms with E-state index in [1.165, 1.54) is 18.2 Å². The molecule has 0 aliphatic carbocycles. The molecule has 29 heavy (non-hydrogen) atoms. The number of ether oxygens (including phenoxy) is 2. The molecule has 1 heterocycles. The van der Waals surface area contributed by atoms with Gasteiger partial charge in [0.25, 0.3) is 0 Å². The van der Waals surface area contributed by atoms with Crippen molar-refractivity contribution in [2.75, 3.05) is 6.79 Å². The fraction of sp³-hybridized carbons (Fsp3) is 0.143. The summed E-state index contributed by atoms with van der Waals surface area (Å²) >= 11 is 0. The fourth-order valence-electron chi connectivity index (χ4n) is 3.49. The van der Waals surface area contributed by atoms with E-state index in [2.05, 4.69) is 0 Å². The van der Waals surface area contributed by atoms with Crippen LogP contribution in [-0.2, 0) is 12.6 Å². The van der Waals surface area contributed by atoms with E-state index in [9.17, 15) is 28.3 Å². The first-order valence-corrected chi connectivity index (χ1v) is 8.47. The van der Waals surface area contributed by atoms with Crippen molar-refractivity contribution in [2.24, 2.45) is 0 Å². The lowest BCUT2D eigenvalue weighted by atomic mass is 9.87. The summed E-state index contributed by atoms with van der Waals surface area (Å²) in [6.45, 7) is -0.0326. The predicted molar refractivity (Wildman–Crippen MR) is 96.8 cm³/mol. The largest absolute Gasteiger partial charge is 0.478 e. The smallest absolute Gasteiger partial charge is 0.416 e. The Kier molecular flexibility index (Phi) is 4.31. The van der Waals surface area contributed by atoms with Gasteiger partial charge in [0.05, 0.1) is 23.6 Å². The van der Waals surface area contributed by atoms with E-state index in [0.29, 0.717) is 33.4 Å². The molecule has 3 aromatic rings. The second-order valence-corrected chi connectivity index (χ2v) is 6.39. The normalized spacial score (nSPS) is 12.8. The van der Waals surface area contributed by atoms with Crippen molar-refractivity contribution >= 4 is 16.7 Å². The third kappa shape index (κ3) is 3.10. The Morgan fingerprint density at radius 1 is 1.14 bits per heavy atom. The van der Waals surface area contributed by atoms with Gasteiger partial charge in [-0.05, 0) is 46.3 Å². The van der Waals surface area contributed by atoms with Crippen molar-refractivity contribution in [1.82, 2.24) is 0 Å². The Morgan fingerprint density at radius 3 is 2.48 bits per heavy atom. The molecule has 3 aromatic carbocycles. The minimum atomic E-state index is -4.50. The van der Waals surface area contributed by atoms with E-state index in [0.717, 1.165) is 12.1 Å². The number of nitriles is 1. The molecule has 0 unspecified atom stereocenters. The lowest BCUT2D eigenvalue weighted by Crippen LogP contribution is -2.06. The highest BCUT2D eigenvalue weighted by atomic mass is 19.4. The van der Waals surface area contributed by atoms with Crippen molar-refractivity contribution in [3.63, 3.8) is 0 Å². The van der Waals surface area contributed by atoms with Crippen LogP contribution < -0.4 is 9.47 Å². The molecule has 0 fully saturated rings. The van der Waals surface area contributed by atoms with Crippen molar-refractivity contribution in [3.8, 4) is 28.7 Å². The summed E-state index contributed by atoms with van der Waals surface area (Å²) in [6.07, 6.45) is -4.74. The van der Waals surface area contributed by atoms with Crippen molar-refractivity contribution in [2.45, 2.75) is 12.6 Å². The molecular weight excluding hydrogens is 387 g/mol. The number of benzene rings is 3. The maximum absolute atomic E-state index is 13.0. The Bertz CT molecular complexity index is 1180. The third-order valence-electron chi connectivity index (χ3n) is 4.74. The van der Waals surface area contributed by atoms with Crippen molar-refractivity contribution in [3.05, 3.63) is 59.2 Å². The van der Waals surface area contributed by atoms with Gasteiger partial charge >= 0.3 is 12.1 Å². The van der Waals surface area contributed by atoms with E-state index >= 15 is 0 Å². The lowest BCUT2D eigenvalue weighted by Gasteiger charge is -2.17. The highest BCUT2D eigenvalue weighted by molar-refractivity contribution is 6.09. The first-order chi connectivity index (χ1) is 13.8. The summed E-state index contributed by atoms with van der Waals surface area (Å²) in [5.41, 5.74) is -0.0201. The summed E-state index contributed by atoms with van der Waals surface area (Å²) in [5, 5.41) is 19.9. The van der Waals surface area contributed by atoms with Gasteiger partial charge in [0.1, 0.15) is 0 Å². The van der Waals surface area contributed by atoms with Crippen LogP contribution in [0, 0.1) is 11.3 Å². The fourth-order valence-corrected chi connectivity index (χ4v) is 3.49.